The van der Waals surface area contributed by atoms with E-state index in [4.69, 9.17) is 0 Å². The Bertz CT molecular complexity index is 1740. The van der Waals surface area contributed by atoms with E-state index in [9.17, 15) is 19.5 Å². The molecule has 0 atom stereocenters. The molecule has 190 valence electrons. The van der Waals surface area contributed by atoms with Crippen molar-refractivity contribution in [3.63, 3.8) is 0 Å². The summed E-state index contributed by atoms with van der Waals surface area (Å²) < 4.78 is 1.32. The van der Waals surface area contributed by atoms with E-state index < -0.39 is 17.4 Å². The Hall–Kier alpha value is -4.98. The van der Waals surface area contributed by atoms with Gasteiger partial charge in [-0.05, 0) is 54.0 Å². The summed E-state index contributed by atoms with van der Waals surface area (Å²) in [7, 11) is 3.85. The van der Waals surface area contributed by atoms with Gasteiger partial charge in [0.1, 0.15) is 5.56 Å². The van der Waals surface area contributed by atoms with Gasteiger partial charge in [-0.25, -0.2) is 9.80 Å². The molecule has 1 N–H and O–H groups in total. The second kappa shape index (κ2) is 9.82. The first-order valence-corrected chi connectivity index (χ1v) is 12.1. The van der Waals surface area contributed by atoms with Gasteiger partial charge in [-0.1, -0.05) is 54.6 Å². The summed E-state index contributed by atoms with van der Waals surface area (Å²) in [6.45, 7) is 2.03. The van der Waals surface area contributed by atoms with Crippen LogP contribution in [0, 0.1) is 6.92 Å². The number of carbonyl (C=O) groups excluding carboxylic acids is 1. The van der Waals surface area contributed by atoms with Gasteiger partial charge in [-0.3, -0.25) is 14.2 Å². The van der Waals surface area contributed by atoms with Gasteiger partial charge in [-0.15, -0.1) is 5.10 Å². The lowest BCUT2D eigenvalue weighted by Crippen LogP contribution is -2.47. The molecule has 0 fully saturated rings. The highest BCUT2D eigenvalue weighted by Gasteiger charge is 2.33. The highest BCUT2D eigenvalue weighted by Crippen LogP contribution is 2.19. The third-order valence-electron chi connectivity index (χ3n) is 6.53. The Morgan fingerprint density at radius 2 is 1.63 bits per heavy atom. The number of carbonyl (C=O) groups is 2. The summed E-state index contributed by atoms with van der Waals surface area (Å²) >= 11 is 0. The normalized spacial score (nSPS) is 12.9. The molecule has 1 aliphatic rings. The Morgan fingerprint density at radius 3 is 2.24 bits per heavy atom. The van der Waals surface area contributed by atoms with E-state index in [2.05, 4.69) is 5.10 Å². The average molecular weight is 507 g/mol. The number of carboxylic acid groups (broad SMARTS) is 1. The molecule has 0 aliphatic carbocycles. The maximum Gasteiger partial charge on any atom is 0.337 e. The predicted octanol–water partition coefficient (Wildman–Crippen LogP) is 2.93. The Labute approximate surface area is 219 Å². The minimum atomic E-state index is -1.36. The average Bonchev–Trinajstić information content (AvgIpc) is 3.21. The Balaban J connectivity index is 1.82. The summed E-state index contributed by atoms with van der Waals surface area (Å²) in [6.07, 6.45) is 1.55. The minimum Gasteiger partial charge on any atom is -0.478 e. The van der Waals surface area contributed by atoms with E-state index in [0.29, 0.717) is 11.3 Å². The molecule has 0 radical (unpaired) electrons. The van der Waals surface area contributed by atoms with Gasteiger partial charge < -0.3 is 10.0 Å². The van der Waals surface area contributed by atoms with Crippen LogP contribution in [0.25, 0.3) is 11.8 Å². The van der Waals surface area contributed by atoms with Crippen LogP contribution < -0.4 is 21.2 Å². The molecule has 2 heterocycles. The highest BCUT2D eigenvalue weighted by atomic mass is 16.4. The van der Waals surface area contributed by atoms with Gasteiger partial charge in [0.15, 0.2) is 5.49 Å². The number of rotatable bonds is 6. The molecule has 0 bridgehead atoms. The van der Waals surface area contributed by atoms with Gasteiger partial charge >= 0.3 is 5.97 Å². The second-order valence-corrected chi connectivity index (χ2v) is 9.30. The number of pyridine rings is 1. The zero-order valence-corrected chi connectivity index (χ0v) is 21.3. The van der Waals surface area contributed by atoms with Crippen molar-refractivity contribution in [1.82, 2.24) is 9.58 Å². The molecule has 0 saturated heterocycles. The van der Waals surface area contributed by atoms with E-state index in [-0.39, 0.29) is 28.4 Å². The number of aryl methyl sites for hydroxylation is 1. The lowest BCUT2D eigenvalue weighted by Gasteiger charge is -2.14. The van der Waals surface area contributed by atoms with Crippen LogP contribution in [-0.4, -0.2) is 40.7 Å². The van der Waals surface area contributed by atoms with Gasteiger partial charge in [0.25, 0.3) is 11.5 Å². The third kappa shape index (κ3) is 4.37. The van der Waals surface area contributed by atoms with E-state index in [1.54, 1.807) is 30.3 Å². The summed E-state index contributed by atoms with van der Waals surface area (Å²) in [5.41, 5.74) is 2.81. The fourth-order valence-corrected chi connectivity index (χ4v) is 4.56. The molecular formula is C30H26N4O4. The van der Waals surface area contributed by atoms with E-state index in [0.717, 1.165) is 16.8 Å². The zero-order chi connectivity index (χ0) is 27.0. The summed E-state index contributed by atoms with van der Waals surface area (Å²) in [5, 5.41) is 15.9. The summed E-state index contributed by atoms with van der Waals surface area (Å²) in [4.78, 5) is 42.2. The number of fused-ring (bicyclic) bond motifs is 1. The standard InChI is InChI=1S/C30H26N4O4/c1-19-16-23(32(2)3)15-14-21(19)17-24-25(30(37)38)26-27(34(28(24)35)22-12-8-5-9-13-22)31-33(29(26)36)18-20-10-6-4-7-11-20/h4-17H,18H2,1-3H3,(H,37,38). The number of aromatic carboxylic acids is 1. The van der Waals surface area contributed by atoms with Crippen LogP contribution in [0.5, 0.6) is 0 Å². The van der Waals surface area contributed by atoms with E-state index in [1.165, 1.54) is 9.58 Å². The van der Waals surface area contributed by atoms with Crippen molar-refractivity contribution >= 4 is 23.6 Å². The van der Waals surface area contributed by atoms with Crippen LogP contribution in [-0.2, 0) is 6.54 Å². The lowest BCUT2D eigenvalue weighted by molar-refractivity contribution is 0.0678. The fourth-order valence-electron chi connectivity index (χ4n) is 4.56. The molecule has 8 heteroatoms. The Morgan fingerprint density at radius 1 is 0.974 bits per heavy atom. The molecule has 4 aromatic rings. The van der Waals surface area contributed by atoms with Crippen molar-refractivity contribution < 1.29 is 14.7 Å². The summed E-state index contributed by atoms with van der Waals surface area (Å²) in [5.74, 6) is -1.93. The second-order valence-electron chi connectivity index (χ2n) is 9.30. The topological polar surface area (TPSA) is 95.2 Å². The fraction of sp³-hybridized carbons (Fsp3) is 0.133. The SMILES string of the molecule is Cc1cc(N(C)C)ccc1C=c1c(C(=O)O)c2c(n(-c3ccccc3)c1=O)=NN(Cc1ccccc1)C2=O. The number of carboxylic acids is 1. The molecule has 8 nitrogen and oxygen atoms in total. The third-order valence-corrected chi connectivity index (χ3v) is 6.53. The van der Waals surface area contributed by atoms with Gasteiger partial charge in [0.2, 0.25) is 0 Å². The molecule has 1 aromatic heterocycles. The number of para-hydroxylation sites is 1. The number of amides is 1. The van der Waals surface area contributed by atoms with Crippen LogP contribution in [0.4, 0.5) is 5.69 Å². The Kier molecular flexibility index (Phi) is 6.38. The molecule has 0 spiro atoms. The number of hydrogen-bond acceptors (Lipinski definition) is 5. The molecule has 1 aliphatic heterocycles. The minimum absolute atomic E-state index is 0.0105. The lowest BCUT2D eigenvalue weighted by atomic mass is 10.0. The first-order chi connectivity index (χ1) is 18.3. The first kappa shape index (κ1) is 24.7. The monoisotopic (exact) mass is 506 g/mol. The van der Waals surface area contributed by atoms with Crippen LogP contribution in [0.2, 0.25) is 0 Å². The van der Waals surface area contributed by atoms with Crippen molar-refractivity contribution in [2.45, 2.75) is 13.5 Å². The van der Waals surface area contributed by atoms with Crippen LogP contribution >= 0.6 is 0 Å². The zero-order valence-electron chi connectivity index (χ0n) is 21.3. The van der Waals surface area contributed by atoms with E-state index in [1.807, 2.05) is 80.5 Å². The van der Waals surface area contributed by atoms with Crippen LogP contribution in [0.1, 0.15) is 37.4 Å². The van der Waals surface area contributed by atoms with Crippen molar-refractivity contribution in [2.75, 3.05) is 19.0 Å². The molecule has 3 aromatic carbocycles. The molecule has 5 rings (SSSR count). The van der Waals surface area contributed by atoms with Crippen molar-refractivity contribution in [2.24, 2.45) is 5.10 Å². The number of nitrogens with zero attached hydrogens (tertiary/aromatic N) is 4. The number of anilines is 1. The molecule has 0 saturated carbocycles. The van der Waals surface area contributed by atoms with Crippen LogP contribution in [0.15, 0.2) is 88.8 Å². The summed E-state index contributed by atoms with van der Waals surface area (Å²) in [6, 6.07) is 23.8. The number of hydrogen-bond donors (Lipinski definition) is 1. The van der Waals surface area contributed by atoms with Gasteiger partial charge in [0, 0.05) is 19.8 Å². The first-order valence-electron chi connectivity index (χ1n) is 12.1. The quantitative estimate of drug-likeness (QED) is 0.434. The van der Waals surface area contributed by atoms with Crippen molar-refractivity contribution in [3.05, 3.63) is 128 Å². The molecular weight excluding hydrogens is 480 g/mol. The smallest absolute Gasteiger partial charge is 0.337 e. The largest absolute Gasteiger partial charge is 0.478 e. The van der Waals surface area contributed by atoms with Gasteiger partial charge in [0.05, 0.1) is 23.0 Å². The van der Waals surface area contributed by atoms with Crippen molar-refractivity contribution in [1.29, 1.82) is 0 Å². The van der Waals surface area contributed by atoms with Gasteiger partial charge in [-0.2, -0.15) is 0 Å². The molecule has 0 unspecified atom stereocenters. The molecule has 38 heavy (non-hydrogen) atoms. The van der Waals surface area contributed by atoms with E-state index >= 15 is 0 Å². The maximum atomic E-state index is 14.0. The van der Waals surface area contributed by atoms with Crippen molar-refractivity contribution in [3.8, 4) is 5.69 Å². The highest BCUT2D eigenvalue weighted by molar-refractivity contribution is 6.05. The van der Waals surface area contributed by atoms with Crippen LogP contribution in [0.3, 0.4) is 0 Å². The maximum absolute atomic E-state index is 14.0. The number of aromatic nitrogens is 1. The predicted molar refractivity (Wildman–Crippen MR) is 145 cm³/mol. The molecule has 1 amide bonds. The number of benzene rings is 3.